The molecule has 2 heterocycles. The molecule has 9 heteroatoms. The number of hydrogen-bond acceptors (Lipinski definition) is 5. The number of benzene rings is 1. The van der Waals surface area contributed by atoms with Crippen LogP contribution in [0.2, 0.25) is 0 Å². The number of halogens is 2. The molecule has 1 fully saturated rings. The molecule has 2 aliphatic heterocycles. The summed E-state index contributed by atoms with van der Waals surface area (Å²) in [5, 5.41) is 0. The number of imide groups is 1. The zero-order valence-corrected chi connectivity index (χ0v) is 16.1. The van der Waals surface area contributed by atoms with Gasteiger partial charge < -0.3 is 9.47 Å². The Morgan fingerprint density at radius 3 is 2.25 bits per heavy atom. The molecular weight excluding hydrogens is 374 g/mol. The zero-order chi connectivity index (χ0) is 20.9. The maximum atomic E-state index is 13.9. The third-order valence-electron chi connectivity index (χ3n) is 4.53. The largest absolute Gasteiger partial charge is 0.444 e. The van der Waals surface area contributed by atoms with Crippen molar-refractivity contribution in [2.24, 2.45) is 0 Å². The second kappa shape index (κ2) is 6.80. The lowest BCUT2D eigenvalue weighted by Crippen LogP contribution is -2.62. The van der Waals surface area contributed by atoms with Crippen molar-refractivity contribution in [3.63, 3.8) is 0 Å². The van der Waals surface area contributed by atoms with E-state index in [1.54, 1.807) is 32.9 Å². The minimum absolute atomic E-state index is 0.242. The van der Waals surface area contributed by atoms with Gasteiger partial charge in [-0.15, -0.1) is 0 Å². The van der Waals surface area contributed by atoms with E-state index in [-0.39, 0.29) is 17.7 Å². The number of fused-ring (bicyclic) bond motifs is 1. The standard InChI is InChI=1S/C19H22F2N2O5/c1-11-14(9-22-15(24)12-7-5-6-8-13(12)16(22)25)23(10-19(20,21)27-11)17(26)28-18(2,3)4/h5-8,11,14H,9-10H2,1-4H3/t11-,14+/m0/s1. The SMILES string of the molecule is C[C@@H]1OC(F)(F)CN(C(=O)OC(C)(C)C)[C@@H]1CN1C(=O)c2ccccc2C1=O. The molecule has 152 valence electrons. The van der Waals surface area contributed by atoms with Gasteiger partial charge in [0.25, 0.3) is 11.8 Å². The molecule has 2 aliphatic rings. The van der Waals surface area contributed by atoms with Gasteiger partial charge in [-0.25, -0.2) is 4.79 Å². The fraction of sp³-hybridized carbons (Fsp3) is 0.526. The predicted molar refractivity (Wildman–Crippen MR) is 94.0 cm³/mol. The normalized spacial score (nSPS) is 24.4. The highest BCUT2D eigenvalue weighted by Crippen LogP contribution is 2.32. The highest BCUT2D eigenvalue weighted by molar-refractivity contribution is 6.21. The van der Waals surface area contributed by atoms with Crippen LogP contribution in [-0.2, 0) is 9.47 Å². The molecule has 0 unspecified atom stereocenters. The van der Waals surface area contributed by atoms with Crippen LogP contribution in [0.15, 0.2) is 24.3 Å². The van der Waals surface area contributed by atoms with Gasteiger partial charge in [0.2, 0.25) is 0 Å². The van der Waals surface area contributed by atoms with E-state index in [0.29, 0.717) is 0 Å². The average molecular weight is 396 g/mol. The molecule has 0 spiro atoms. The number of carbonyl (C=O) groups excluding carboxylic acids is 3. The second-order valence-corrected chi connectivity index (χ2v) is 7.90. The maximum Gasteiger partial charge on any atom is 0.410 e. The molecule has 3 amide bonds. The number of amides is 3. The van der Waals surface area contributed by atoms with E-state index in [9.17, 15) is 23.2 Å². The molecule has 0 bridgehead atoms. The van der Waals surface area contributed by atoms with Gasteiger partial charge in [0.1, 0.15) is 12.1 Å². The average Bonchev–Trinajstić information content (AvgIpc) is 2.80. The van der Waals surface area contributed by atoms with Crippen LogP contribution in [0.4, 0.5) is 13.6 Å². The minimum atomic E-state index is -3.56. The van der Waals surface area contributed by atoms with Crippen molar-refractivity contribution < 1.29 is 32.6 Å². The van der Waals surface area contributed by atoms with Gasteiger partial charge in [-0.05, 0) is 39.8 Å². The Morgan fingerprint density at radius 1 is 1.21 bits per heavy atom. The molecule has 1 saturated heterocycles. The summed E-state index contributed by atoms with van der Waals surface area (Å²) in [5.74, 6) is -1.07. The van der Waals surface area contributed by atoms with Gasteiger partial charge in [-0.1, -0.05) is 12.1 Å². The lowest BCUT2D eigenvalue weighted by molar-refractivity contribution is -0.301. The summed E-state index contributed by atoms with van der Waals surface area (Å²) >= 11 is 0. The number of alkyl halides is 2. The molecular formula is C19H22F2N2O5. The number of carbonyl (C=O) groups is 3. The summed E-state index contributed by atoms with van der Waals surface area (Å²) in [4.78, 5) is 39.5. The van der Waals surface area contributed by atoms with Crippen LogP contribution in [0, 0.1) is 0 Å². The van der Waals surface area contributed by atoms with Crippen molar-refractivity contribution in [1.29, 1.82) is 0 Å². The van der Waals surface area contributed by atoms with Gasteiger partial charge in [-0.3, -0.25) is 19.4 Å². The van der Waals surface area contributed by atoms with E-state index in [1.165, 1.54) is 19.1 Å². The van der Waals surface area contributed by atoms with Crippen molar-refractivity contribution >= 4 is 17.9 Å². The van der Waals surface area contributed by atoms with Crippen LogP contribution in [0.25, 0.3) is 0 Å². The Bertz CT molecular complexity index is 786. The molecule has 0 radical (unpaired) electrons. The van der Waals surface area contributed by atoms with E-state index in [2.05, 4.69) is 0 Å². The summed E-state index contributed by atoms with van der Waals surface area (Å²) in [5.41, 5.74) is -0.411. The third-order valence-corrected chi connectivity index (χ3v) is 4.53. The van der Waals surface area contributed by atoms with E-state index >= 15 is 0 Å². The quantitative estimate of drug-likeness (QED) is 0.719. The van der Waals surface area contributed by atoms with Gasteiger partial charge in [0, 0.05) is 0 Å². The molecule has 1 aromatic carbocycles. The second-order valence-electron chi connectivity index (χ2n) is 7.90. The Morgan fingerprint density at radius 2 is 1.75 bits per heavy atom. The van der Waals surface area contributed by atoms with Crippen molar-refractivity contribution in [2.45, 2.75) is 51.6 Å². The van der Waals surface area contributed by atoms with E-state index in [4.69, 9.17) is 9.47 Å². The summed E-state index contributed by atoms with van der Waals surface area (Å²) in [7, 11) is 0. The van der Waals surface area contributed by atoms with Crippen LogP contribution in [0.5, 0.6) is 0 Å². The number of hydrogen-bond donors (Lipinski definition) is 0. The fourth-order valence-corrected chi connectivity index (χ4v) is 3.32. The molecule has 2 atom stereocenters. The molecule has 28 heavy (non-hydrogen) atoms. The first-order valence-electron chi connectivity index (χ1n) is 8.90. The summed E-state index contributed by atoms with van der Waals surface area (Å²) in [6.07, 6.45) is -5.64. The first kappa shape index (κ1) is 20.2. The molecule has 0 saturated carbocycles. The van der Waals surface area contributed by atoms with Crippen LogP contribution < -0.4 is 0 Å². The van der Waals surface area contributed by atoms with Crippen LogP contribution >= 0.6 is 0 Å². The molecule has 7 nitrogen and oxygen atoms in total. The highest BCUT2D eigenvalue weighted by atomic mass is 19.3. The van der Waals surface area contributed by atoms with Gasteiger partial charge >= 0.3 is 12.2 Å². The number of nitrogens with zero attached hydrogens (tertiary/aromatic N) is 2. The molecule has 3 rings (SSSR count). The van der Waals surface area contributed by atoms with Gasteiger partial charge in [-0.2, -0.15) is 8.78 Å². The Hall–Kier alpha value is -2.55. The Kier molecular flexibility index (Phi) is 4.91. The fourth-order valence-electron chi connectivity index (χ4n) is 3.32. The van der Waals surface area contributed by atoms with Crippen LogP contribution in [0.3, 0.4) is 0 Å². The molecule has 0 N–H and O–H groups in total. The van der Waals surface area contributed by atoms with Crippen molar-refractivity contribution in [2.75, 3.05) is 13.1 Å². The van der Waals surface area contributed by atoms with E-state index in [0.717, 1.165) is 9.80 Å². The summed E-state index contributed by atoms with van der Waals surface area (Å²) in [6, 6.07) is 5.34. The number of rotatable bonds is 2. The minimum Gasteiger partial charge on any atom is -0.444 e. The molecule has 0 aromatic heterocycles. The topological polar surface area (TPSA) is 76.2 Å². The molecule has 0 aliphatic carbocycles. The Labute approximate surface area is 161 Å². The lowest BCUT2D eigenvalue weighted by Gasteiger charge is -2.44. The van der Waals surface area contributed by atoms with E-state index in [1.807, 2.05) is 0 Å². The van der Waals surface area contributed by atoms with Crippen molar-refractivity contribution in [3.05, 3.63) is 35.4 Å². The predicted octanol–water partition coefficient (Wildman–Crippen LogP) is 2.90. The number of ether oxygens (including phenoxy) is 2. The lowest BCUT2D eigenvalue weighted by atomic mass is 10.1. The first-order chi connectivity index (χ1) is 12.9. The highest BCUT2D eigenvalue weighted by Gasteiger charge is 2.50. The molecule has 1 aromatic rings. The van der Waals surface area contributed by atoms with E-state index < -0.39 is 48.3 Å². The zero-order valence-electron chi connectivity index (χ0n) is 16.1. The number of morpholine rings is 1. The van der Waals surface area contributed by atoms with Gasteiger partial charge in [0.05, 0.1) is 29.8 Å². The smallest absolute Gasteiger partial charge is 0.410 e. The Balaban J connectivity index is 1.87. The van der Waals surface area contributed by atoms with Crippen molar-refractivity contribution in [3.8, 4) is 0 Å². The maximum absolute atomic E-state index is 13.9. The summed E-state index contributed by atoms with van der Waals surface area (Å²) < 4.78 is 37.8. The van der Waals surface area contributed by atoms with Crippen LogP contribution in [-0.4, -0.2) is 64.7 Å². The van der Waals surface area contributed by atoms with Gasteiger partial charge in [0.15, 0.2) is 0 Å². The van der Waals surface area contributed by atoms with Crippen LogP contribution in [0.1, 0.15) is 48.4 Å². The van der Waals surface area contributed by atoms with Crippen molar-refractivity contribution in [1.82, 2.24) is 9.80 Å². The third kappa shape index (κ3) is 3.84. The summed E-state index contributed by atoms with van der Waals surface area (Å²) in [6.45, 7) is 4.92. The first-order valence-corrected chi connectivity index (χ1v) is 8.90. The monoisotopic (exact) mass is 396 g/mol.